The van der Waals surface area contributed by atoms with E-state index in [1.54, 1.807) is 6.26 Å². The van der Waals surface area contributed by atoms with Gasteiger partial charge in [-0.05, 0) is 44.7 Å². The molecule has 1 aliphatic carbocycles. The van der Waals surface area contributed by atoms with Gasteiger partial charge in [-0.15, -0.1) is 0 Å². The summed E-state index contributed by atoms with van der Waals surface area (Å²) in [7, 11) is 0. The number of furan rings is 1. The Morgan fingerprint density at radius 2 is 2.21 bits per heavy atom. The average Bonchev–Trinajstić information content (AvgIpc) is 2.95. The molecule has 3 atom stereocenters. The molecule has 19 heavy (non-hydrogen) atoms. The van der Waals surface area contributed by atoms with Crippen LogP contribution in [0.25, 0.3) is 0 Å². The average molecular weight is 264 g/mol. The summed E-state index contributed by atoms with van der Waals surface area (Å²) in [4.78, 5) is 2.50. The van der Waals surface area contributed by atoms with Crippen LogP contribution in [0, 0.1) is 0 Å². The van der Waals surface area contributed by atoms with Crippen LogP contribution in [0.2, 0.25) is 0 Å². The molecule has 1 aromatic heterocycles. The molecule has 0 spiro atoms. The van der Waals surface area contributed by atoms with Gasteiger partial charge in [0.1, 0.15) is 5.76 Å². The zero-order valence-corrected chi connectivity index (χ0v) is 11.6. The highest BCUT2D eigenvalue weighted by Crippen LogP contribution is 2.34. The molecule has 4 heteroatoms. The predicted octanol–water partition coefficient (Wildman–Crippen LogP) is 2.14. The van der Waals surface area contributed by atoms with Gasteiger partial charge in [0, 0.05) is 18.6 Å². The lowest BCUT2D eigenvalue weighted by Gasteiger charge is -2.34. The molecule has 2 aliphatic rings. The summed E-state index contributed by atoms with van der Waals surface area (Å²) < 4.78 is 11.5. The highest BCUT2D eigenvalue weighted by atomic mass is 16.5. The molecule has 0 bridgehead atoms. The van der Waals surface area contributed by atoms with Crippen LogP contribution in [-0.4, -0.2) is 35.7 Å². The normalized spacial score (nSPS) is 29.0. The Bertz CT molecular complexity index is 389. The van der Waals surface area contributed by atoms with Crippen LogP contribution in [0.5, 0.6) is 0 Å². The van der Waals surface area contributed by atoms with E-state index < -0.39 is 0 Å². The van der Waals surface area contributed by atoms with Crippen molar-refractivity contribution in [2.45, 2.75) is 63.4 Å². The van der Waals surface area contributed by atoms with Gasteiger partial charge in [-0.3, -0.25) is 4.90 Å². The molecule has 0 amide bonds. The Kier molecular flexibility index (Phi) is 3.91. The minimum atomic E-state index is 0.288. The van der Waals surface area contributed by atoms with Gasteiger partial charge in [-0.1, -0.05) is 0 Å². The highest BCUT2D eigenvalue weighted by Gasteiger charge is 2.39. The van der Waals surface area contributed by atoms with Crippen molar-refractivity contribution in [3.8, 4) is 0 Å². The van der Waals surface area contributed by atoms with E-state index in [0.29, 0.717) is 24.7 Å². The summed E-state index contributed by atoms with van der Waals surface area (Å²) in [5, 5.41) is 0. The largest absolute Gasteiger partial charge is 0.468 e. The minimum absolute atomic E-state index is 0.288. The second-order valence-electron chi connectivity index (χ2n) is 5.85. The first-order valence-electron chi connectivity index (χ1n) is 7.41. The third kappa shape index (κ3) is 3.02. The van der Waals surface area contributed by atoms with Crippen molar-refractivity contribution in [3.63, 3.8) is 0 Å². The summed E-state index contributed by atoms with van der Waals surface area (Å²) >= 11 is 0. The summed E-state index contributed by atoms with van der Waals surface area (Å²) in [6.07, 6.45) is 7.25. The van der Waals surface area contributed by atoms with Crippen molar-refractivity contribution < 1.29 is 9.15 Å². The first kappa shape index (κ1) is 13.2. The molecule has 0 radical (unpaired) electrons. The van der Waals surface area contributed by atoms with E-state index in [0.717, 1.165) is 25.1 Å². The van der Waals surface area contributed by atoms with Crippen LogP contribution in [0.4, 0.5) is 0 Å². The number of hydrogen-bond donors (Lipinski definition) is 1. The second kappa shape index (κ2) is 5.65. The van der Waals surface area contributed by atoms with E-state index in [4.69, 9.17) is 14.9 Å². The first-order chi connectivity index (χ1) is 9.28. The Hall–Kier alpha value is -0.840. The summed E-state index contributed by atoms with van der Waals surface area (Å²) in [6.45, 7) is 3.67. The van der Waals surface area contributed by atoms with Crippen LogP contribution in [-0.2, 0) is 11.3 Å². The van der Waals surface area contributed by atoms with Crippen LogP contribution >= 0.6 is 0 Å². The maximum Gasteiger partial charge on any atom is 0.117 e. The Balaban J connectivity index is 1.70. The second-order valence-corrected chi connectivity index (χ2v) is 5.85. The van der Waals surface area contributed by atoms with E-state index in [2.05, 4.69) is 11.8 Å². The summed E-state index contributed by atoms with van der Waals surface area (Å²) in [6, 6.07) is 4.98. The molecule has 3 rings (SSSR count). The van der Waals surface area contributed by atoms with E-state index in [9.17, 15) is 0 Å². The topological polar surface area (TPSA) is 51.6 Å². The molecule has 2 N–H and O–H groups in total. The van der Waals surface area contributed by atoms with E-state index in [1.807, 2.05) is 12.1 Å². The number of nitrogens with two attached hydrogens (primary N) is 1. The summed E-state index contributed by atoms with van der Waals surface area (Å²) in [5.74, 6) is 1.02. The molecule has 0 aromatic carbocycles. The van der Waals surface area contributed by atoms with Gasteiger partial charge in [0.2, 0.25) is 0 Å². The van der Waals surface area contributed by atoms with Gasteiger partial charge in [0.15, 0.2) is 0 Å². The fourth-order valence-electron chi connectivity index (χ4n) is 3.12. The van der Waals surface area contributed by atoms with Gasteiger partial charge in [-0.2, -0.15) is 0 Å². The minimum Gasteiger partial charge on any atom is -0.468 e. The van der Waals surface area contributed by atoms with Crippen molar-refractivity contribution >= 4 is 0 Å². The SMILES string of the molecule is CC1CCC(C(CN)N(Cc2ccco2)C2CC2)O1. The lowest BCUT2D eigenvalue weighted by Crippen LogP contribution is -2.49. The molecular formula is C15H24N2O2. The standard InChI is InChI=1S/C15H24N2O2/c1-11-4-7-15(19-11)14(9-16)17(12-5-6-12)10-13-3-2-8-18-13/h2-3,8,11-12,14-15H,4-7,9-10,16H2,1H3. The van der Waals surface area contributed by atoms with Crippen LogP contribution in [0.15, 0.2) is 22.8 Å². The van der Waals surface area contributed by atoms with Crippen molar-refractivity contribution in [1.29, 1.82) is 0 Å². The molecule has 1 saturated carbocycles. The third-order valence-electron chi connectivity index (χ3n) is 4.30. The quantitative estimate of drug-likeness (QED) is 0.855. The maximum atomic E-state index is 6.04. The Morgan fingerprint density at radius 3 is 2.74 bits per heavy atom. The number of hydrogen-bond acceptors (Lipinski definition) is 4. The van der Waals surface area contributed by atoms with Crippen molar-refractivity contribution in [2.24, 2.45) is 5.73 Å². The lowest BCUT2D eigenvalue weighted by molar-refractivity contribution is -0.0114. The third-order valence-corrected chi connectivity index (χ3v) is 4.30. The van der Waals surface area contributed by atoms with E-state index >= 15 is 0 Å². The van der Waals surface area contributed by atoms with E-state index in [1.165, 1.54) is 12.8 Å². The highest BCUT2D eigenvalue weighted by molar-refractivity contribution is 5.02. The zero-order chi connectivity index (χ0) is 13.2. The number of ether oxygens (including phenoxy) is 1. The van der Waals surface area contributed by atoms with Crippen LogP contribution in [0.1, 0.15) is 38.4 Å². The molecule has 1 saturated heterocycles. The van der Waals surface area contributed by atoms with Crippen molar-refractivity contribution in [3.05, 3.63) is 24.2 Å². The molecule has 2 heterocycles. The van der Waals surface area contributed by atoms with Gasteiger partial charge in [-0.25, -0.2) is 0 Å². The molecular weight excluding hydrogens is 240 g/mol. The first-order valence-corrected chi connectivity index (χ1v) is 7.41. The Labute approximate surface area is 114 Å². The van der Waals surface area contributed by atoms with E-state index in [-0.39, 0.29) is 6.10 Å². The monoisotopic (exact) mass is 264 g/mol. The molecule has 1 aliphatic heterocycles. The fraction of sp³-hybridized carbons (Fsp3) is 0.733. The number of rotatable bonds is 6. The molecule has 4 nitrogen and oxygen atoms in total. The molecule has 106 valence electrons. The van der Waals surface area contributed by atoms with Gasteiger partial charge in [0.25, 0.3) is 0 Å². The Morgan fingerprint density at radius 1 is 1.37 bits per heavy atom. The smallest absolute Gasteiger partial charge is 0.117 e. The van der Waals surface area contributed by atoms with Crippen molar-refractivity contribution in [2.75, 3.05) is 6.54 Å². The predicted molar refractivity (Wildman–Crippen MR) is 73.7 cm³/mol. The van der Waals surface area contributed by atoms with Crippen LogP contribution in [0.3, 0.4) is 0 Å². The fourth-order valence-corrected chi connectivity index (χ4v) is 3.12. The molecule has 2 fully saturated rings. The van der Waals surface area contributed by atoms with Gasteiger partial charge >= 0.3 is 0 Å². The summed E-state index contributed by atoms with van der Waals surface area (Å²) in [5.41, 5.74) is 6.04. The van der Waals surface area contributed by atoms with Gasteiger partial charge < -0.3 is 14.9 Å². The maximum absolute atomic E-state index is 6.04. The van der Waals surface area contributed by atoms with Crippen molar-refractivity contribution in [1.82, 2.24) is 4.90 Å². The number of nitrogens with zero attached hydrogens (tertiary/aromatic N) is 1. The molecule has 3 unspecified atom stereocenters. The molecule has 1 aromatic rings. The zero-order valence-electron chi connectivity index (χ0n) is 11.6. The van der Waals surface area contributed by atoms with Crippen LogP contribution < -0.4 is 5.73 Å². The van der Waals surface area contributed by atoms with Gasteiger partial charge in [0.05, 0.1) is 25.0 Å². The lowest BCUT2D eigenvalue weighted by atomic mass is 10.1.